The minimum absolute atomic E-state index is 0.108. The summed E-state index contributed by atoms with van der Waals surface area (Å²) in [7, 11) is 1.79. The van der Waals surface area contributed by atoms with Gasteiger partial charge < -0.3 is 10.7 Å². The van der Waals surface area contributed by atoms with E-state index in [1.807, 2.05) is 6.20 Å². The highest BCUT2D eigenvalue weighted by atomic mass is 16.6. The number of nitro groups is 1. The lowest BCUT2D eigenvalue weighted by atomic mass is 10.3. The van der Waals surface area contributed by atoms with Crippen molar-refractivity contribution in [1.82, 2.24) is 14.8 Å². The van der Waals surface area contributed by atoms with E-state index in [4.69, 9.17) is 5.84 Å². The number of nitrogens with zero attached hydrogens (tertiary/aromatic N) is 4. The maximum absolute atomic E-state index is 10.9. The topological polar surface area (TPSA) is 124 Å². The molecule has 4 N–H and O–H groups in total. The van der Waals surface area contributed by atoms with Crippen molar-refractivity contribution in [2.45, 2.75) is 6.54 Å². The van der Waals surface area contributed by atoms with Gasteiger partial charge in [0.25, 0.3) is 0 Å². The van der Waals surface area contributed by atoms with Crippen molar-refractivity contribution >= 4 is 17.3 Å². The van der Waals surface area contributed by atoms with E-state index in [1.165, 1.54) is 12.1 Å². The summed E-state index contributed by atoms with van der Waals surface area (Å²) in [6, 6.07) is 2.78. The Morgan fingerprint density at radius 3 is 2.89 bits per heavy atom. The molecule has 0 spiro atoms. The number of nitrogens with two attached hydrogens (primary N) is 1. The van der Waals surface area contributed by atoms with Crippen molar-refractivity contribution in [3.63, 3.8) is 0 Å². The van der Waals surface area contributed by atoms with Crippen molar-refractivity contribution in [3.05, 3.63) is 40.2 Å². The molecule has 0 aliphatic heterocycles. The lowest BCUT2D eigenvalue weighted by Crippen LogP contribution is -2.11. The average molecular weight is 263 g/mol. The zero-order chi connectivity index (χ0) is 13.8. The molecule has 0 radical (unpaired) electrons. The van der Waals surface area contributed by atoms with E-state index in [9.17, 15) is 10.1 Å². The number of hydrogen-bond donors (Lipinski definition) is 3. The standard InChI is InChI=1S/C10H13N7O2/c1-16-6-7(5-13-16)4-12-10-8(17(18)19)2-3-9(14-10)15-11/h2-3,5-6H,4,11H2,1H3,(H2,12,14,15). The number of pyridine rings is 1. The lowest BCUT2D eigenvalue weighted by Gasteiger charge is -2.06. The molecule has 2 rings (SSSR count). The third-order valence-corrected chi connectivity index (χ3v) is 2.44. The molecule has 100 valence electrons. The second kappa shape index (κ2) is 5.31. The van der Waals surface area contributed by atoms with Crippen LogP contribution in [0.3, 0.4) is 0 Å². The molecule has 9 nitrogen and oxygen atoms in total. The van der Waals surface area contributed by atoms with Gasteiger partial charge in [-0.3, -0.25) is 14.8 Å². The fourth-order valence-electron chi connectivity index (χ4n) is 1.56. The van der Waals surface area contributed by atoms with Gasteiger partial charge in [0.2, 0.25) is 5.82 Å². The number of nitrogens with one attached hydrogen (secondary N) is 2. The van der Waals surface area contributed by atoms with E-state index in [-0.39, 0.29) is 11.5 Å². The van der Waals surface area contributed by atoms with Gasteiger partial charge in [0.05, 0.1) is 11.1 Å². The van der Waals surface area contributed by atoms with Crippen molar-refractivity contribution < 1.29 is 4.92 Å². The van der Waals surface area contributed by atoms with E-state index in [2.05, 4.69) is 20.8 Å². The summed E-state index contributed by atoms with van der Waals surface area (Å²) in [6.45, 7) is 0.385. The molecule has 0 atom stereocenters. The van der Waals surface area contributed by atoms with Crippen LogP contribution < -0.4 is 16.6 Å². The predicted molar refractivity (Wildman–Crippen MR) is 69.2 cm³/mol. The summed E-state index contributed by atoms with van der Waals surface area (Å²) in [4.78, 5) is 14.4. The van der Waals surface area contributed by atoms with Gasteiger partial charge in [-0.2, -0.15) is 5.10 Å². The van der Waals surface area contributed by atoms with Crippen LogP contribution in [0.15, 0.2) is 24.5 Å². The van der Waals surface area contributed by atoms with Crippen LogP contribution in [0.4, 0.5) is 17.3 Å². The summed E-state index contributed by atoms with van der Waals surface area (Å²) < 4.78 is 1.65. The molecule has 0 fully saturated rings. The highest BCUT2D eigenvalue weighted by Gasteiger charge is 2.15. The zero-order valence-corrected chi connectivity index (χ0v) is 10.2. The molecule has 0 aliphatic rings. The Morgan fingerprint density at radius 1 is 1.53 bits per heavy atom. The number of aryl methyl sites for hydroxylation is 1. The van der Waals surface area contributed by atoms with Gasteiger partial charge in [0, 0.05) is 31.4 Å². The Balaban J connectivity index is 2.19. The summed E-state index contributed by atoms with van der Waals surface area (Å²) in [6.07, 6.45) is 3.48. The zero-order valence-electron chi connectivity index (χ0n) is 10.2. The fraction of sp³-hybridized carbons (Fsp3) is 0.200. The quantitative estimate of drug-likeness (QED) is 0.410. The third kappa shape index (κ3) is 2.96. The van der Waals surface area contributed by atoms with E-state index < -0.39 is 4.92 Å². The summed E-state index contributed by atoms with van der Waals surface area (Å²) in [5.74, 6) is 5.74. The van der Waals surface area contributed by atoms with Crippen LogP contribution in [-0.4, -0.2) is 19.7 Å². The highest BCUT2D eigenvalue weighted by molar-refractivity contribution is 5.60. The normalized spacial score (nSPS) is 10.2. The van der Waals surface area contributed by atoms with Crippen LogP contribution in [0.5, 0.6) is 0 Å². The molecule has 2 heterocycles. The summed E-state index contributed by atoms with van der Waals surface area (Å²) >= 11 is 0. The van der Waals surface area contributed by atoms with Crippen LogP contribution in [0.25, 0.3) is 0 Å². The van der Waals surface area contributed by atoms with Gasteiger partial charge >= 0.3 is 5.69 Å². The molecule has 0 aromatic carbocycles. The van der Waals surface area contributed by atoms with Gasteiger partial charge in [0.1, 0.15) is 5.82 Å². The number of rotatable bonds is 5. The number of anilines is 2. The smallest absolute Gasteiger partial charge is 0.311 e. The lowest BCUT2D eigenvalue weighted by molar-refractivity contribution is -0.384. The van der Waals surface area contributed by atoms with Crippen molar-refractivity contribution in [3.8, 4) is 0 Å². The van der Waals surface area contributed by atoms with Crippen LogP contribution in [-0.2, 0) is 13.6 Å². The minimum atomic E-state index is -0.501. The molecular formula is C10H13N7O2. The first-order valence-corrected chi connectivity index (χ1v) is 5.43. The van der Waals surface area contributed by atoms with Crippen molar-refractivity contribution in [2.24, 2.45) is 12.9 Å². The van der Waals surface area contributed by atoms with Crippen LogP contribution in [0, 0.1) is 10.1 Å². The van der Waals surface area contributed by atoms with Crippen molar-refractivity contribution in [1.29, 1.82) is 0 Å². The molecule has 9 heteroatoms. The molecule has 0 aliphatic carbocycles. The first-order chi connectivity index (χ1) is 9.10. The average Bonchev–Trinajstić information content (AvgIpc) is 2.81. The van der Waals surface area contributed by atoms with E-state index >= 15 is 0 Å². The second-order valence-electron chi connectivity index (χ2n) is 3.84. The Bertz CT molecular complexity index is 595. The van der Waals surface area contributed by atoms with E-state index in [0.29, 0.717) is 12.4 Å². The monoisotopic (exact) mass is 263 g/mol. The van der Waals surface area contributed by atoms with Crippen molar-refractivity contribution in [2.75, 3.05) is 10.7 Å². The number of hydrogen-bond acceptors (Lipinski definition) is 7. The first-order valence-electron chi connectivity index (χ1n) is 5.43. The maximum atomic E-state index is 10.9. The molecule has 0 saturated heterocycles. The Kier molecular flexibility index (Phi) is 3.57. The van der Waals surface area contributed by atoms with Gasteiger partial charge in [-0.05, 0) is 6.07 Å². The van der Waals surface area contributed by atoms with E-state index in [1.54, 1.807) is 17.9 Å². The molecule has 2 aromatic rings. The van der Waals surface area contributed by atoms with E-state index in [0.717, 1.165) is 5.56 Å². The second-order valence-corrected chi connectivity index (χ2v) is 3.84. The number of nitrogen functional groups attached to an aromatic ring is 1. The molecule has 19 heavy (non-hydrogen) atoms. The summed E-state index contributed by atoms with van der Waals surface area (Å²) in [5, 5.41) is 17.8. The molecule has 0 amide bonds. The first kappa shape index (κ1) is 12.8. The largest absolute Gasteiger partial charge is 0.360 e. The Morgan fingerprint density at radius 2 is 2.32 bits per heavy atom. The molecule has 0 saturated carbocycles. The van der Waals surface area contributed by atoms with Gasteiger partial charge in [-0.15, -0.1) is 0 Å². The van der Waals surface area contributed by atoms with Crippen LogP contribution >= 0.6 is 0 Å². The minimum Gasteiger partial charge on any atom is -0.360 e. The third-order valence-electron chi connectivity index (χ3n) is 2.44. The summed E-state index contributed by atoms with van der Waals surface area (Å²) in [5.41, 5.74) is 3.13. The highest BCUT2D eigenvalue weighted by Crippen LogP contribution is 2.24. The SMILES string of the molecule is Cn1cc(CNc2nc(NN)ccc2[N+](=O)[O-])cn1. The van der Waals surface area contributed by atoms with Crippen LogP contribution in [0.1, 0.15) is 5.56 Å². The molecule has 0 unspecified atom stereocenters. The fourth-order valence-corrected chi connectivity index (χ4v) is 1.56. The Labute approximate surface area is 108 Å². The maximum Gasteiger partial charge on any atom is 0.311 e. The Hall–Kier alpha value is -2.68. The molecule has 0 bridgehead atoms. The predicted octanol–water partition coefficient (Wildman–Crippen LogP) is 0.621. The number of aromatic nitrogens is 3. The number of hydrazine groups is 1. The van der Waals surface area contributed by atoms with Gasteiger partial charge in [0.15, 0.2) is 0 Å². The van der Waals surface area contributed by atoms with Gasteiger partial charge in [-0.25, -0.2) is 10.8 Å². The molecule has 2 aromatic heterocycles. The van der Waals surface area contributed by atoms with Gasteiger partial charge in [-0.1, -0.05) is 0 Å². The molecular weight excluding hydrogens is 250 g/mol. The van der Waals surface area contributed by atoms with Crippen LogP contribution in [0.2, 0.25) is 0 Å².